The highest BCUT2D eigenvalue weighted by Gasteiger charge is 2.25. The molecule has 0 saturated heterocycles. The maximum atomic E-state index is 12.5. The smallest absolute Gasteiger partial charge is 0.306 e. The minimum Gasteiger partial charge on any atom is -0.544 e. The summed E-state index contributed by atoms with van der Waals surface area (Å²) < 4.78 is 16.9. The first-order chi connectivity index (χ1) is 23.1. The van der Waals surface area contributed by atoms with E-state index in [0.717, 1.165) is 51.4 Å². The quantitative estimate of drug-likeness (QED) is 0.0337. The van der Waals surface area contributed by atoms with Crippen molar-refractivity contribution < 1.29 is 38.2 Å². The first-order valence-electron chi connectivity index (χ1n) is 18.0. The average Bonchev–Trinajstić information content (AvgIpc) is 3.03. The number of aliphatic carboxylic acids is 1. The zero-order chi connectivity index (χ0) is 35.7. The van der Waals surface area contributed by atoms with Crippen LogP contribution in [0.2, 0.25) is 0 Å². The summed E-state index contributed by atoms with van der Waals surface area (Å²) in [6.45, 7) is 4.33. The van der Waals surface area contributed by atoms with E-state index in [1.165, 1.54) is 12.8 Å². The van der Waals surface area contributed by atoms with Gasteiger partial charge in [0.05, 0.1) is 40.3 Å². The van der Waals surface area contributed by atoms with Crippen LogP contribution in [-0.4, -0.2) is 75.5 Å². The van der Waals surface area contributed by atoms with Crippen molar-refractivity contribution in [3.63, 3.8) is 0 Å². The van der Waals surface area contributed by atoms with E-state index in [1.54, 1.807) is 21.1 Å². The van der Waals surface area contributed by atoms with Crippen LogP contribution < -0.4 is 5.11 Å². The summed E-state index contributed by atoms with van der Waals surface area (Å²) in [5, 5.41) is 11.5. The number of esters is 2. The number of carbonyl (C=O) groups excluding carboxylic acids is 3. The molecule has 0 heterocycles. The number of quaternary nitrogens is 1. The Kier molecular flexibility index (Phi) is 29.0. The lowest BCUT2D eigenvalue weighted by Crippen LogP contribution is -2.55. The van der Waals surface area contributed by atoms with Gasteiger partial charge in [0.25, 0.3) is 0 Å². The molecule has 0 radical (unpaired) electrons. The van der Waals surface area contributed by atoms with Gasteiger partial charge < -0.3 is 28.6 Å². The van der Waals surface area contributed by atoms with Crippen molar-refractivity contribution >= 4 is 17.9 Å². The van der Waals surface area contributed by atoms with Gasteiger partial charge in [-0.15, -0.1) is 0 Å². The second-order valence-electron chi connectivity index (χ2n) is 12.7. The van der Waals surface area contributed by atoms with Gasteiger partial charge in [-0.3, -0.25) is 9.59 Å². The number of carbonyl (C=O) groups is 3. The Morgan fingerprint density at radius 3 is 1.75 bits per heavy atom. The van der Waals surface area contributed by atoms with Crippen LogP contribution in [0.15, 0.2) is 72.9 Å². The van der Waals surface area contributed by atoms with Crippen LogP contribution in [0.5, 0.6) is 0 Å². The number of carboxylic acids is 1. The molecular weight excluding hydrogens is 606 g/mol. The molecule has 2 unspecified atom stereocenters. The van der Waals surface area contributed by atoms with Gasteiger partial charge in [-0.2, -0.15) is 0 Å². The topological polar surface area (TPSA) is 102 Å². The van der Waals surface area contributed by atoms with Crippen molar-refractivity contribution in [2.24, 2.45) is 0 Å². The monoisotopic (exact) mass is 671 g/mol. The number of carboxylic acid groups (broad SMARTS) is 1. The van der Waals surface area contributed by atoms with Crippen LogP contribution >= 0.6 is 0 Å². The highest BCUT2D eigenvalue weighted by molar-refractivity contribution is 5.70. The standard InChI is InChI=1S/C40H65NO7/c1-6-8-10-12-14-15-16-17-18-19-20-21-22-23-25-26-28-30-38(42)47-35-36(34-46-33-32-37(40(44)45)41(3,4)5)48-39(43)31-29-27-24-13-11-9-7-2/h8,10,14-15,17-18,20-21,23-25,27,36-37H,6-7,9,11-13,16,19,22,26,28-35H2,1-5H3/b10-8+,15-14+,18-17+,21-20+,25-23+,27-24+. The van der Waals surface area contributed by atoms with Gasteiger partial charge in [0, 0.05) is 19.3 Å². The van der Waals surface area contributed by atoms with Crippen molar-refractivity contribution in [3.05, 3.63) is 72.9 Å². The maximum Gasteiger partial charge on any atom is 0.306 e. The molecule has 0 aliphatic carbocycles. The lowest BCUT2D eigenvalue weighted by atomic mass is 10.1. The van der Waals surface area contributed by atoms with Crippen LogP contribution in [0.3, 0.4) is 0 Å². The molecule has 0 aliphatic rings. The average molecular weight is 672 g/mol. The number of hydrogen-bond acceptors (Lipinski definition) is 7. The molecule has 8 heteroatoms. The van der Waals surface area contributed by atoms with Crippen LogP contribution in [0.4, 0.5) is 0 Å². The summed E-state index contributed by atoms with van der Waals surface area (Å²) in [6.07, 6.45) is 36.8. The van der Waals surface area contributed by atoms with Gasteiger partial charge in [0.1, 0.15) is 12.6 Å². The van der Waals surface area contributed by atoms with E-state index in [0.29, 0.717) is 12.8 Å². The molecule has 0 fully saturated rings. The molecule has 8 nitrogen and oxygen atoms in total. The molecule has 0 N–H and O–H groups in total. The Morgan fingerprint density at radius 1 is 0.646 bits per heavy atom. The largest absolute Gasteiger partial charge is 0.544 e. The van der Waals surface area contributed by atoms with E-state index >= 15 is 0 Å². The number of ether oxygens (including phenoxy) is 3. The Labute approximate surface area is 291 Å². The van der Waals surface area contributed by atoms with E-state index in [9.17, 15) is 19.5 Å². The summed E-state index contributed by atoms with van der Waals surface area (Å²) in [5.41, 5.74) is 0. The second kappa shape index (κ2) is 31.1. The summed E-state index contributed by atoms with van der Waals surface area (Å²) in [4.78, 5) is 36.4. The summed E-state index contributed by atoms with van der Waals surface area (Å²) in [7, 11) is 5.35. The molecule has 48 heavy (non-hydrogen) atoms. The molecule has 2 atom stereocenters. The van der Waals surface area contributed by atoms with Gasteiger partial charge in [-0.25, -0.2) is 0 Å². The third kappa shape index (κ3) is 29.0. The van der Waals surface area contributed by atoms with Crippen LogP contribution in [0, 0.1) is 0 Å². The lowest BCUT2D eigenvalue weighted by Gasteiger charge is -2.34. The number of likely N-dealkylation sites (N-methyl/N-ethyl adjacent to an activating group) is 1. The molecule has 0 spiro atoms. The van der Waals surface area contributed by atoms with E-state index in [2.05, 4.69) is 80.7 Å². The molecule has 0 rings (SSSR count). The van der Waals surface area contributed by atoms with Crippen molar-refractivity contribution in [2.75, 3.05) is 41.0 Å². The van der Waals surface area contributed by atoms with Crippen molar-refractivity contribution in [1.29, 1.82) is 0 Å². The zero-order valence-electron chi connectivity index (χ0n) is 30.6. The predicted molar refractivity (Wildman–Crippen MR) is 194 cm³/mol. The highest BCUT2D eigenvalue weighted by atomic mass is 16.6. The summed E-state index contributed by atoms with van der Waals surface area (Å²) in [6, 6.07) is -0.740. The Hall–Kier alpha value is -3.23. The molecule has 0 aromatic carbocycles. The second-order valence-corrected chi connectivity index (χ2v) is 12.7. The molecule has 272 valence electrons. The fourth-order valence-corrected chi connectivity index (χ4v) is 4.53. The minimum absolute atomic E-state index is 0.00280. The molecule has 0 bridgehead atoms. The first kappa shape index (κ1) is 44.8. The third-order valence-electron chi connectivity index (χ3n) is 7.34. The van der Waals surface area contributed by atoms with Crippen molar-refractivity contribution in [2.45, 2.75) is 122 Å². The van der Waals surface area contributed by atoms with Gasteiger partial charge in [-0.1, -0.05) is 99.6 Å². The van der Waals surface area contributed by atoms with Crippen LogP contribution in [0.25, 0.3) is 0 Å². The zero-order valence-corrected chi connectivity index (χ0v) is 30.6. The number of nitrogens with zero attached hydrogens (tertiary/aromatic N) is 1. The van der Waals surface area contributed by atoms with Gasteiger partial charge in [0.15, 0.2) is 6.10 Å². The number of hydrogen-bond donors (Lipinski definition) is 0. The van der Waals surface area contributed by atoms with E-state index in [4.69, 9.17) is 14.2 Å². The van der Waals surface area contributed by atoms with Crippen molar-refractivity contribution in [1.82, 2.24) is 0 Å². The predicted octanol–water partition coefficient (Wildman–Crippen LogP) is 7.51. The van der Waals surface area contributed by atoms with Gasteiger partial charge >= 0.3 is 11.9 Å². The summed E-state index contributed by atoms with van der Waals surface area (Å²) in [5.74, 6) is -1.90. The third-order valence-corrected chi connectivity index (χ3v) is 7.34. The fourth-order valence-electron chi connectivity index (χ4n) is 4.53. The van der Waals surface area contributed by atoms with E-state index < -0.39 is 24.1 Å². The fraction of sp³-hybridized carbons (Fsp3) is 0.625. The van der Waals surface area contributed by atoms with E-state index in [-0.39, 0.29) is 49.5 Å². The molecule has 0 aromatic heterocycles. The lowest BCUT2D eigenvalue weighted by molar-refractivity contribution is -0.889. The van der Waals surface area contributed by atoms with Crippen molar-refractivity contribution in [3.8, 4) is 0 Å². The molecule has 0 aliphatic heterocycles. The van der Waals surface area contributed by atoms with E-state index in [1.807, 2.05) is 6.08 Å². The van der Waals surface area contributed by atoms with Gasteiger partial charge in [0.2, 0.25) is 0 Å². The highest BCUT2D eigenvalue weighted by Crippen LogP contribution is 2.09. The molecular formula is C40H65NO7. The van der Waals surface area contributed by atoms with Crippen LogP contribution in [0.1, 0.15) is 110 Å². The number of allylic oxidation sites excluding steroid dienone is 12. The Balaban J connectivity index is 4.51. The Bertz CT molecular complexity index is 1020. The molecule has 0 aromatic rings. The SMILES string of the molecule is CC/C=C/C/C=C/C/C=C/C/C=C/C/C=C/CCCC(=O)OCC(COCCC(C(=O)[O-])[N+](C)(C)C)OC(=O)CC/C=C/CCCCC. The summed E-state index contributed by atoms with van der Waals surface area (Å²) >= 11 is 0. The molecule has 0 amide bonds. The van der Waals surface area contributed by atoms with Crippen LogP contribution in [-0.2, 0) is 28.6 Å². The minimum atomic E-state index is -1.14. The Morgan fingerprint density at radius 2 is 1.19 bits per heavy atom. The maximum absolute atomic E-state index is 12.5. The number of unbranched alkanes of at least 4 members (excludes halogenated alkanes) is 4. The normalized spacial score (nSPS) is 13.9. The van der Waals surface area contributed by atoms with Gasteiger partial charge in [-0.05, 0) is 64.2 Å². The first-order valence-corrected chi connectivity index (χ1v) is 18.0. The number of rotatable bonds is 30. The molecule has 0 saturated carbocycles.